The summed E-state index contributed by atoms with van der Waals surface area (Å²) in [5, 5.41) is 8.08. The molecule has 0 amide bonds. The molecule has 0 aliphatic heterocycles. The maximum absolute atomic E-state index is 4.72. The molecule has 0 aromatic carbocycles. The van der Waals surface area contributed by atoms with Crippen LogP contribution in [0.5, 0.6) is 0 Å². The second-order valence-corrected chi connectivity index (χ2v) is 5.73. The molecule has 3 rings (SSSR count). The Labute approximate surface area is 120 Å². The molecule has 0 atom stereocenters. The smallest absolute Gasteiger partial charge is 0.0834 e. The van der Waals surface area contributed by atoms with Crippen molar-refractivity contribution < 1.29 is 0 Å². The number of rotatable bonds is 5. The number of nitrogens with zero attached hydrogens (tertiary/aromatic N) is 3. The Morgan fingerprint density at radius 1 is 1.20 bits per heavy atom. The minimum absolute atomic E-state index is 0.721. The van der Waals surface area contributed by atoms with Crippen LogP contribution in [0.25, 0.3) is 0 Å². The number of hydrogen-bond donors (Lipinski definition) is 1. The number of aromatic nitrogens is 3. The molecule has 20 heavy (non-hydrogen) atoms. The number of pyridine rings is 1. The van der Waals surface area contributed by atoms with E-state index in [0.29, 0.717) is 0 Å². The minimum Gasteiger partial charge on any atom is -0.308 e. The molecule has 1 N–H and O–H groups in total. The van der Waals surface area contributed by atoms with Gasteiger partial charge in [-0.1, -0.05) is 6.07 Å². The highest BCUT2D eigenvalue weighted by Crippen LogP contribution is 2.19. The first kappa shape index (κ1) is 13.3. The Bertz CT molecular complexity index is 611. The first-order chi connectivity index (χ1) is 9.63. The van der Waals surface area contributed by atoms with Gasteiger partial charge in [-0.15, -0.1) is 0 Å². The largest absolute Gasteiger partial charge is 0.308 e. The van der Waals surface area contributed by atoms with Crippen LogP contribution in [0.15, 0.2) is 18.2 Å². The normalized spacial score (nSPS) is 14.8. The van der Waals surface area contributed by atoms with E-state index >= 15 is 0 Å². The lowest BCUT2D eigenvalue weighted by Gasteiger charge is -2.07. The van der Waals surface area contributed by atoms with Gasteiger partial charge >= 0.3 is 0 Å². The van der Waals surface area contributed by atoms with Gasteiger partial charge < -0.3 is 5.32 Å². The molecule has 0 unspecified atom stereocenters. The van der Waals surface area contributed by atoms with Gasteiger partial charge in [0.1, 0.15) is 0 Å². The standard InChI is InChI=1S/C16H22N4/c1-11-12(2)19-20(13(11)3)10-16-6-4-5-15(18-16)9-17-14-7-8-14/h4-6,14,17H,7-10H2,1-3H3. The molecule has 2 aromatic heterocycles. The molecule has 106 valence electrons. The van der Waals surface area contributed by atoms with Gasteiger partial charge in [0.25, 0.3) is 0 Å². The van der Waals surface area contributed by atoms with Crippen molar-refractivity contribution in [1.82, 2.24) is 20.1 Å². The number of hydrogen-bond acceptors (Lipinski definition) is 3. The SMILES string of the molecule is Cc1nn(Cc2cccc(CNC3CC3)n2)c(C)c1C. The van der Waals surface area contributed by atoms with E-state index < -0.39 is 0 Å². The summed E-state index contributed by atoms with van der Waals surface area (Å²) in [6.07, 6.45) is 2.62. The maximum Gasteiger partial charge on any atom is 0.0834 e. The fourth-order valence-corrected chi connectivity index (χ4v) is 2.35. The fraction of sp³-hybridized carbons (Fsp3) is 0.500. The Morgan fingerprint density at radius 3 is 2.60 bits per heavy atom. The first-order valence-electron chi connectivity index (χ1n) is 7.32. The predicted octanol–water partition coefficient (Wildman–Crippen LogP) is 2.50. The Kier molecular flexibility index (Phi) is 3.57. The average Bonchev–Trinajstić information content (AvgIpc) is 3.23. The monoisotopic (exact) mass is 270 g/mol. The third kappa shape index (κ3) is 2.90. The van der Waals surface area contributed by atoms with Crippen molar-refractivity contribution in [3.8, 4) is 0 Å². The van der Waals surface area contributed by atoms with E-state index in [9.17, 15) is 0 Å². The molecular formula is C16H22N4. The van der Waals surface area contributed by atoms with Crippen molar-refractivity contribution in [1.29, 1.82) is 0 Å². The molecule has 4 nitrogen and oxygen atoms in total. The summed E-state index contributed by atoms with van der Waals surface area (Å²) in [5.74, 6) is 0. The molecule has 0 saturated heterocycles. The third-order valence-electron chi connectivity index (χ3n) is 4.07. The first-order valence-corrected chi connectivity index (χ1v) is 7.32. The van der Waals surface area contributed by atoms with Crippen molar-refractivity contribution in [2.75, 3.05) is 0 Å². The molecule has 1 saturated carbocycles. The van der Waals surface area contributed by atoms with Crippen LogP contribution >= 0.6 is 0 Å². The average molecular weight is 270 g/mol. The van der Waals surface area contributed by atoms with Crippen LogP contribution in [-0.2, 0) is 13.1 Å². The van der Waals surface area contributed by atoms with Gasteiger partial charge in [-0.25, -0.2) is 0 Å². The Balaban J connectivity index is 1.72. The van der Waals surface area contributed by atoms with Crippen LogP contribution in [0.2, 0.25) is 0 Å². The molecule has 1 fully saturated rings. The van der Waals surface area contributed by atoms with E-state index in [-0.39, 0.29) is 0 Å². The number of nitrogens with one attached hydrogen (secondary N) is 1. The number of aryl methyl sites for hydroxylation is 1. The highest BCUT2D eigenvalue weighted by molar-refractivity contribution is 5.23. The fourth-order valence-electron chi connectivity index (χ4n) is 2.35. The summed E-state index contributed by atoms with van der Waals surface area (Å²) in [6, 6.07) is 6.97. The van der Waals surface area contributed by atoms with Crippen LogP contribution in [0, 0.1) is 20.8 Å². The predicted molar refractivity (Wildman–Crippen MR) is 79.6 cm³/mol. The van der Waals surface area contributed by atoms with E-state index in [1.165, 1.54) is 24.1 Å². The summed E-state index contributed by atoms with van der Waals surface area (Å²) >= 11 is 0. The lowest BCUT2D eigenvalue weighted by atomic mass is 10.2. The topological polar surface area (TPSA) is 42.7 Å². The van der Waals surface area contributed by atoms with Crippen LogP contribution in [0.1, 0.15) is 41.2 Å². The summed E-state index contributed by atoms with van der Waals surface area (Å²) in [5.41, 5.74) is 5.80. The third-order valence-corrected chi connectivity index (χ3v) is 4.07. The second kappa shape index (κ2) is 5.37. The quantitative estimate of drug-likeness (QED) is 0.907. The highest BCUT2D eigenvalue weighted by Gasteiger charge is 2.20. The van der Waals surface area contributed by atoms with Crippen LogP contribution in [-0.4, -0.2) is 20.8 Å². The molecule has 2 heterocycles. The molecule has 0 radical (unpaired) electrons. The highest BCUT2D eigenvalue weighted by atomic mass is 15.3. The zero-order valence-electron chi connectivity index (χ0n) is 12.5. The van der Waals surface area contributed by atoms with Gasteiger partial charge in [0.05, 0.1) is 23.6 Å². The van der Waals surface area contributed by atoms with Gasteiger partial charge in [0.15, 0.2) is 0 Å². The van der Waals surface area contributed by atoms with E-state index in [1.807, 2.05) is 4.68 Å². The van der Waals surface area contributed by atoms with Gasteiger partial charge in [-0.2, -0.15) is 5.10 Å². The minimum atomic E-state index is 0.721. The van der Waals surface area contributed by atoms with Gasteiger partial charge in [0.2, 0.25) is 0 Å². The van der Waals surface area contributed by atoms with Crippen molar-refractivity contribution in [3.63, 3.8) is 0 Å². The molecule has 0 spiro atoms. The zero-order chi connectivity index (χ0) is 14.1. The lowest BCUT2D eigenvalue weighted by molar-refractivity contribution is 0.633. The van der Waals surface area contributed by atoms with Crippen molar-refractivity contribution in [2.24, 2.45) is 0 Å². The van der Waals surface area contributed by atoms with Crippen molar-refractivity contribution >= 4 is 0 Å². The molecule has 1 aliphatic carbocycles. The lowest BCUT2D eigenvalue weighted by Crippen LogP contribution is -2.17. The zero-order valence-corrected chi connectivity index (χ0v) is 12.5. The second-order valence-electron chi connectivity index (χ2n) is 5.73. The van der Waals surface area contributed by atoms with E-state index in [0.717, 1.165) is 36.2 Å². The Hall–Kier alpha value is -1.68. The molecule has 4 heteroatoms. The van der Waals surface area contributed by atoms with Crippen molar-refractivity contribution in [2.45, 2.75) is 52.7 Å². The van der Waals surface area contributed by atoms with Gasteiger partial charge in [-0.3, -0.25) is 9.67 Å². The summed E-state index contributed by atoms with van der Waals surface area (Å²) in [7, 11) is 0. The summed E-state index contributed by atoms with van der Waals surface area (Å²) in [6.45, 7) is 7.92. The van der Waals surface area contributed by atoms with Crippen LogP contribution in [0.3, 0.4) is 0 Å². The molecule has 2 aromatic rings. The van der Waals surface area contributed by atoms with E-state index in [1.54, 1.807) is 0 Å². The van der Waals surface area contributed by atoms with E-state index in [2.05, 4.69) is 49.4 Å². The summed E-state index contributed by atoms with van der Waals surface area (Å²) in [4.78, 5) is 4.72. The van der Waals surface area contributed by atoms with Crippen LogP contribution in [0.4, 0.5) is 0 Å². The van der Waals surface area contributed by atoms with Crippen molar-refractivity contribution in [3.05, 3.63) is 46.5 Å². The molecule has 0 bridgehead atoms. The Morgan fingerprint density at radius 2 is 1.95 bits per heavy atom. The molecule has 1 aliphatic rings. The molecular weight excluding hydrogens is 248 g/mol. The van der Waals surface area contributed by atoms with Gasteiger partial charge in [-0.05, 0) is 51.3 Å². The van der Waals surface area contributed by atoms with Gasteiger partial charge in [0, 0.05) is 18.3 Å². The van der Waals surface area contributed by atoms with Crippen LogP contribution < -0.4 is 5.32 Å². The summed E-state index contributed by atoms with van der Waals surface area (Å²) < 4.78 is 2.05. The van der Waals surface area contributed by atoms with E-state index in [4.69, 9.17) is 4.98 Å². The maximum atomic E-state index is 4.72.